The third kappa shape index (κ3) is 2.70. The van der Waals surface area contributed by atoms with Gasteiger partial charge < -0.3 is 5.32 Å². The van der Waals surface area contributed by atoms with Gasteiger partial charge in [-0.3, -0.25) is 0 Å². The predicted molar refractivity (Wildman–Crippen MR) is 80.1 cm³/mol. The van der Waals surface area contributed by atoms with E-state index < -0.39 is 11.6 Å². The van der Waals surface area contributed by atoms with E-state index in [-0.39, 0.29) is 12.0 Å². The second-order valence-corrected chi connectivity index (χ2v) is 5.68. The standard InChI is InChI=1S/C18H19F2N/c1-21-18(15-7-4-8-16(19)17(15)20)14-10-9-12-5-2-3-6-13(12)11-14/h2-8,14,18,21H,9-11H2,1H3. The van der Waals surface area contributed by atoms with E-state index >= 15 is 0 Å². The van der Waals surface area contributed by atoms with Crippen molar-refractivity contribution >= 4 is 0 Å². The highest BCUT2D eigenvalue weighted by atomic mass is 19.2. The molecule has 0 amide bonds. The van der Waals surface area contributed by atoms with E-state index in [4.69, 9.17) is 0 Å². The molecule has 2 atom stereocenters. The number of fused-ring (bicyclic) bond motifs is 1. The van der Waals surface area contributed by atoms with Gasteiger partial charge in [0.1, 0.15) is 0 Å². The summed E-state index contributed by atoms with van der Waals surface area (Å²) in [5, 5.41) is 3.18. The third-order valence-electron chi connectivity index (χ3n) is 4.48. The molecule has 1 aliphatic rings. The molecule has 0 heterocycles. The summed E-state index contributed by atoms with van der Waals surface area (Å²) in [6.45, 7) is 0. The number of halogens is 2. The van der Waals surface area contributed by atoms with Crippen molar-refractivity contribution < 1.29 is 8.78 Å². The summed E-state index contributed by atoms with van der Waals surface area (Å²) in [4.78, 5) is 0. The van der Waals surface area contributed by atoms with Crippen LogP contribution in [0.1, 0.15) is 29.2 Å². The Labute approximate surface area is 124 Å². The lowest BCUT2D eigenvalue weighted by molar-refractivity contribution is 0.330. The molecule has 0 saturated heterocycles. The molecule has 0 radical (unpaired) electrons. The minimum Gasteiger partial charge on any atom is -0.313 e. The number of rotatable bonds is 3. The number of hydrogen-bond acceptors (Lipinski definition) is 1. The van der Waals surface area contributed by atoms with Gasteiger partial charge in [0.2, 0.25) is 0 Å². The molecule has 0 saturated carbocycles. The average molecular weight is 287 g/mol. The van der Waals surface area contributed by atoms with Crippen molar-refractivity contribution in [1.29, 1.82) is 0 Å². The molecular formula is C18H19F2N. The van der Waals surface area contributed by atoms with Crippen molar-refractivity contribution in [1.82, 2.24) is 5.32 Å². The van der Waals surface area contributed by atoms with E-state index in [9.17, 15) is 8.78 Å². The monoisotopic (exact) mass is 287 g/mol. The molecule has 3 rings (SSSR count). The molecule has 2 unspecified atom stereocenters. The van der Waals surface area contributed by atoms with Gasteiger partial charge in [-0.25, -0.2) is 8.78 Å². The first-order valence-electron chi connectivity index (χ1n) is 7.38. The van der Waals surface area contributed by atoms with Crippen molar-refractivity contribution in [3.8, 4) is 0 Å². The van der Waals surface area contributed by atoms with E-state index in [1.54, 1.807) is 12.1 Å². The molecule has 1 N–H and O–H groups in total. The highest BCUT2D eigenvalue weighted by Gasteiger charge is 2.28. The Morgan fingerprint density at radius 3 is 2.57 bits per heavy atom. The van der Waals surface area contributed by atoms with E-state index in [0.29, 0.717) is 5.56 Å². The zero-order valence-electron chi connectivity index (χ0n) is 12.1. The molecular weight excluding hydrogens is 268 g/mol. The van der Waals surface area contributed by atoms with Gasteiger partial charge in [0.25, 0.3) is 0 Å². The average Bonchev–Trinajstić information content (AvgIpc) is 2.52. The Bertz CT molecular complexity index is 639. The van der Waals surface area contributed by atoms with Crippen LogP contribution in [0.5, 0.6) is 0 Å². The first kappa shape index (κ1) is 14.2. The molecule has 21 heavy (non-hydrogen) atoms. The second kappa shape index (κ2) is 5.94. The summed E-state index contributed by atoms with van der Waals surface area (Å²) < 4.78 is 27.6. The largest absolute Gasteiger partial charge is 0.313 e. The van der Waals surface area contributed by atoms with Crippen molar-refractivity contribution in [2.75, 3.05) is 7.05 Å². The van der Waals surface area contributed by atoms with Gasteiger partial charge in [-0.2, -0.15) is 0 Å². The first-order valence-corrected chi connectivity index (χ1v) is 7.38. The third-order valence-corrected chi connectivity index (χ3v) is 4.48. The topological polar surface area (TPSA) is 12.0 Å². The summed E-state index contributed by atoms with van der Waals surface area (Å²) in [5.41, 5.74) is 3.14. The highest BCUT2D eigenvalue weighted by Crippen LogP contribution is 2.35. The van der Waals surface area contributed by atoms with E-state index in [2.05, 4.69) is 23.5 Å². The van der Waals surface area contributed by atoms with Crippen LogP contribution in [0, 0.1) is 17.6 Å². The lowest BCUT2D eigenvalue weighted by Gasteiger charge is -2.32. The number of nitrogens with one attached hydrogen (secondary N) is 1. The molecule has 2 aromatic carbocycles. The fraction of sp³-hybridized carbons (Fsp3) is 0.333. The highest BCUT2D eigenvalue weighted by molar-refractivity contribution is 5.31. The summed E-state index contributed by atoms with van der Waals surface area (Å²) in [6.07, 6.45) is 2.88. The lowest BCUT2D eigenvalue weighted by Crippen LogP contribution is -2.30. The Hall–Kier alpha value is -1.74. The summed E-state index contributed by atoms with van der Waals surface area (Å²) in [5.74, 6) is -1.22. The van der Waals surface area contributed by atoms with Gasteiger partial charge >= 0.3 is 0 Å². The molecule has 0 fully saturated rings. The number of benzene rings is 2. The van der Waals surface area contributed by atoms with Crippen LogP contribution < -0.4 is 5.32 Å². The molecule has 0 bridgehead atoms. The zero-order chi connectivity index (χ0) is 14.8. The number of hydrogen-bond donors (Lipinski definition) is 1. The maximum Gasteiger partial charge on any atom is 0.163 e. The minimum atomic E-state index is -0.774. The molecule has 0 spiro atoms. The van der Waals surface area contributed by atoms with Gasteiger partial charge in [0.15, 0.2) is 11.6 Å². The quantitative estimate of drug-likeness (QED) is 0.898. The Morgan fingerprint density at radius 2 is 1.81 bits per heavy atom. The van der Waals surface area contributed by atoms with Crippen LogP contribution in [0.2, 0.25) is 0 Å². The van der Waals surface area contributed by atoms with Gasteiger partial charge in [-0.15, -0.1) is 0 Å². The van der Waals surface area contributed by atoms with Crippen LogP contribution in [0.15, 0.2) is 42.5 Å². The zero-order valence-corrected chi connectivity index (χ0v) is 12.1. The molecule has 110 valence electrons. The summed E-state index contributed by atoms with van der Waals surface area (Å²) >= 11 is 0. The molecule has 0 aliphatic heterocycles. The van der Waals surface area contributed by atoms with Crippen LogP contribution in [0.3, 0.4) is 0 Å². The first-order chi connectivity index (χ1) is 10.2. The number of aryl methyl sites for hydroxylation is 1. The summed E-state index contributed by atoms with van der Waals surface area (Å²) in [7, 11) is 1.82. The SMILES string of the molecule is CNC(c1cccc(F)c1F)C1CCc2ccccc2C1. The van der Waals surface area contributed by atoms with E-state index in [1.807, 2.05) is 13.1 Å². The Kier molecular flexibility index (Phi) is 4.02. The fourth-order valence-corrected chi connectivity index (χ4v) is 3.42. The summed E-state index contributed by atoms with van der Waals surface area (Å²) in [6, 6.07) is 12.7. The normalized spacial score (nSPS) is 19.1. The van der Waals surface area contributed by atoms with Crippen LogP contribution in [-0.4, -0.2) is 7.05 Å². The Morgan fingerprint density at radius 1 is 1.05 bits per heavy atom. The van der Waals surface area contributed by atoms with Crippen LogP contribution >= 0.6 is 0 Å². The maximum absolute atomic E-state index is 14.1. The van der Waals surface area contributed by atoms with Crippen molar-refractivity contribution in [3.05, 3.63) is 70.8 Å². The van der Waals surface area contributed by atoms with Gasteiger partial charge in [0, 0.05) is 11.6 Å². The smallest absolute Gasteiger partial charge is 0.163 e. The van der Waals surface area contributed by atoms with Gasteiger partial charge in [0.05, 0.1) is 0 Å². The lowest BCUT2D eigenvalue weighted by atomic mass is 9.78. The minimum absolute atomic E-state index is 0.158. The Balaban J connectivity index is 1.90. The molecule has 1 nitrogen and oxygen atoms in total. The van der Waals surface area contributed by atoms with Crippen LogP contribution in [0.25, 0.3) is 0 Å². The van der Waals surface area contributed by atoms with Gasteiger partial charge in [-0.1, -0.05) is 36.4 Å². The molecule has 3 heteroatoms. The van der Waals surface area contributed by atoms with E-state index in [1.165, 1.54) is 17.2 Å². The molecule has 0 aromatic heterocycles. The van der Waals surface area contributed by atoms with Crippen LogP contribution in [-0.2, 0) is 12.8 Å². The molecule has 1 aliphatic carbocycles. The fourth-order valence-electron chi connectivity index (χ4n) is 3.42. The van der Waals surface area contributed by atoms with Gasteiger partial charge in [-0.05, 0) is 49.4 Å². The maximum atomic E-state index is 14.1. The van der Waals surface area contributed by atoms with E-state index in [0.717, 1.165) is 19.3 Å². The van der Waals surface area contributed by atoms with Crippen molar-refractivity contribution in [3.63, 3.8) is 0 Å². The van der Waals surface area contributed by atoms with Crippen molar-refractivity contribution in [2.45, 2.75) is 25.3 Å². The predicted octanol–water partition coefficient (Wildman–Crippen LogP) is 4.03. The molecule has 2 aromatic rings. The van der Waals surface area contributed by atoms with Crippen LogP contribution in [0.4, 0.5) is 8.78 Å². The van der Waals surface area contributed by atoms with Crippen molar-refractivity contribution in [2.24, 2.45) is 5.92 Å². The second-order valence-electron chi connectivity index (χ2n) is 5.68.